The van der Waals surface area contributed by atoms with Gasteiger partial charge in [0.1, 0.15) is 0 Å². The van der Waals surface area contributed by atoms with Gasteiger partial charge < -0.3 is 9.84 Å². The Hall–Kier alpha value is -0.330. The summed E-state index contributed by atoms with van der Waals surface area (Å²) in [4.78, 5) is 20.9. The number of carbonyl (C=O) groups is 2. The van der Waals surface area contributed by atoms with Crippen LogP contribution in [0.25, 0.3) is 0 Å². The van der Waals surface area contributed by atoms with E-state index in [1.807, 2.05) is 0 Å². The Bertz CT molecular complexity index is 175. The Labute approximate surface area is 97.2 Å². The number of esters is 1. The summed E-state index contributed by atoms with van der Waals surface area (Å²) in [6.45, 7) is 1.70. The summed E-state index contributed by atoms with van der Waals surface area (Å²) in [6.07, 6.45) is 1.61. The minimum absolute atomic E-state index is 0.141. The van der Waals surface area contributed by atoms with Crippen LogP contribution >= 0.6 is 22.6 Å². The number of carboxylic acids is 1. The Balaban J connectivity index is 3.76. The number of carboxylic acid groups (broad SMARTS) is 1. The van der Waals surface area contributed by atoms with Crippen molar-refractivity contribution in [2.75, 3.05) is 11.0 Å². The lowest BCUT2D eigenvalue weighted by atomic mass is 10.0. The number of carbonyl (C=O) groups excluding carboxylic acids is 1. The van der Waals surface area contributed by atoms with E-state index in [-0.39, 0.29) is 18.3 Å². The van der Waals surface area contributed by atoms with Crippen LogP contribution in [0, 0.1) is 5.92 Å². The highest BCUT2D eigenvalue weighted by Gasteiger charge is 2.11. The normalized spacial score (nSPS) is 12.1. The number of hydrogen-bond donors (Lipinski definition) is 1. The molecule has 1 N–H and O–H groups in total. The molecule has 0 spiro atoms. The first-order valence-electron chi connectivity index (χ1n) is 4.47. The lowest BCUT2D eigenvalue weighted by Crippen LogP contribution is -2.14. The second kappa shape index (κ2) is 8.02. The predicted octanol–water partition coefficient (Wildman–Crippen LogP) is 1.86. The van der Waals surface area contributed by atoms with Gasteiger partial charge in [-0.25, -0.2) is 0 Å². The largest absolute Gasteiger partial charge is 0.481 e. The summed E-state index contributed by atoms with van der Waals surface area (Å²) >= 11 is 2.23. The number of rotatable bonds is 7. The van der Waals surface area contributed by atoms with Crippen LogP contribution in [0.5, 0.6) is 0 Å². The van der Waals surface area contributed by atoms with Gasteiger partial charge in [-0.15, -0.1) is 0 Å². The molecule has 0 fully saturated rings. The zero-order chi connectivity index (χ0) is 11.0. The van der Waals surface area contributed by atoms with Gasteiger partial charge in [-0.1, -0.05) is 22.6 Å². The highest BCUT2D eigenvalue weighted by molar-refractivity contribution is 14.1. The maximum Gasteiger partial charge on any atom is 0.303 e. The van der Waals surface area contributed by atoms with Crippen molar-refractivity contribution in [3.63, 3.8) is 0 Å². The van der Waals surface area contributed by atoms with E-state index in [9.17, 15) is 9.59 Å². The molecule has 0 aliphatic carbocycles. The van der Waals surface area contributed by atoms with E-state index < -0.39 is 5.97 Å². The molecular formula is C9H15IO4. The molecule has 0 saturated heterocycles. The summed E-state index contributed by atoms with van der Waals surface area (Å²) in [5.41, 5.74) is 0. The van der Waals surface area contributed by atoms with Crippen molar-refractivity contribution in [1.82, 2.24) is 0 Å². The summed E-state index contributed by atoms with van der Waals surface area (Å²) < 4.78 is 5.80. The predicted molar refractivity (Wildman–Crippen MR) is 60.5 cm³/mol. The molecule has 0 aromatic carbocycles. The average Bonchev–Trinajstić information content (AvgIpc) is 2.09. The van der Waals surface area contributed by atoms with Crippen LogP contribution < -0.4 is 0 Å². The van der Waals surface area contributed by atoms with Crippen LogP contribution in [0.1, 0.15) is 26.2 Å². The first kappa shape index (κ1) is 13.7. The Morgan fingerprint density at radius 3 is 2.50 bits per heavy atom. The van der Waals surface area contributed by atoms with Gasteiger partial charge in [0.05, 0.1) is 6.61 Å². The maximum absolute atomic E-state index is 10.6. The third-order valence-corrected chi connectivity index (χ3v) is 2.43. The van der Waals surface area contributed by atoms with E-state index in [0.29, 0.717) is 13.0 Å². The molecule has 4 nitrogen and oxygen atoms in total. The standard InChI is InChI=1S/C9H15IO4/c1-7(11)14-6-8(4-5-10)2-3-9(12)13/h8H,2-6H2,1H3,(H,12,13). The molecule has 5 heteroatoms. The molecule has 0 heterocycles. The number of alkyl halides is 1. The summed E-state index contributed by atoms with van der Waals surface area (Å²) in [5.74, 6) is -0.933. The van der Waals surface area contributed by atoms with Crippen LogP contribution in [0.2, 0.25) is 0 Å². The fraction of sp³-hybridized carbons (Fsp3) is 0.778. The second-order valence-corrected chi connectivity index (χ2v) is 4.16. The first-order chi connectivity index (χ1) is 6.56. The first-order valence-corrected chi connectivity index (χ1v) is 6.00. The van der Waals surface area contributed by atoms with Crippen molar-refractivity contribution in [3.8, 4) is 0 Å². The Kier molecular flexibility index (Phi) is 7.83. The molecule has 0 amide bonds. The van der Waals surface area contributed by atoms with Crippen molar-refractivity contribution in [2.45, 2.75) is 26.2 Å². The second-order valence-electron chi connectivity index (χ2n) is 3.08. The molecule has 0 rings (SSSR count). The number of ether oxygens (including phenoxy) is 1. The average molecular weight is 314 g/mol. The van der Waals surface area contributed by atoms with Crippen molar-refractivity contribution >= 4 is 34.5 Å². The van der Waals surface area contributed by atoms with Crippen molar-refractivity contribution in [1.29, 1.82) is 0 Å². The summed E-state index contributed by atoms with van der Waals surface area (Å²) in [6, 6.07) is 0. The SMILES string of the molecule is CC(=O)OCC(CCI)CCC(=O)O. The molecular weight excluding hydrogens is 299 g/mol. The van der Waals surface area contributed by atoms with E-state index in [2.05, 4.69) is 22.6 Å². The van der Waals surface area contributed by atoms with E-state index in [1.165, 1.54) is 6.92 Å². The quantitative estimate of drug-likeness (QED) is 0.442. The van der Waals surface area contributed by atoms with Gasteiger partial charge in [0.25, 0.3) is 0 Å². The molecule has 1 unspecified atom stereocenters. The molecule has 0 bridgehead atoms. The van der Waals surface area contributed by atoms with Crippen molar-refractivity contribution in [2.24, 2.45) is 5.92 Å². The van der Waals surface area contributed by atoms with Crippen LogP contribution in [-0.4, -0.2) is 28.1 Å². The molecule has 82 valence electrons. The van der Waals surface area contributed by atoms with Crippen LogP contribution in [-0.2, 0) is 14.3 Å². The summed E-state index contributed by atoms with van der Waals surface area (Å²) in [7, 11) is 0. The van der Waals surface area contributed by atoms with E-state index in [4.69, 9.17) is 9.84 Å². The van der Waals surface area contributed by atoms with Gasteiger partial charge in [-0.3, -0.25) is 9.59 Å². The van der Waals surface area contributed by atoms with E-state index >= 15 is 0 Å². The lowest BCUT2D eigenvalue weighted by molar-refractivity contribution is -0.142. The van der Waals surface area contributed by atoms with E-state index in [0.717, 1.165) is 10.8 Å². The van der Waals surface area contributed by atoms with Crippen molar-refractivity contribution < 1.29 is 19.4 Å². The number of aliphatic carboxylic acids is 1. The topological polar surface area (TPSA) is 63.6 Å². The lowest BCUT2D eigenvalue weighted by Gasteiger charge is -2.13. The third-order valence-electron chi connectivity index (χ3n) is 1.81. The molecule has 0 aliphatic heterocycles. The molecule has 0 aliphatic rings. The van der Waals surface area contributed by atoms with Gasteiger partial charge in [-0.05, 0) is 23.2 Å². The molecule has 1 atom stereocenters. The van der Waals surface area contributed by atoms with Gasteiger partial charge in [0, 0.05) is 13.3 Å². The molecule has 0 aromatic rings. The summed E-state index contributed by atoms with van der Waals surface area (Å²) in [5, 5.41) is 8.50. The molecule has 14 heavy (non-hydrogen) atoms. The number of hydrogen-bond acceptors (Lipinski definition) is 3. The van der Waals surface area contributed by atoms with Crippen LogP contribution in [0.3, 0.4) is 0 Å². The highest BCUT2D eigenvalue weighted by atomic mass is 127. The smallest absolute Gasteiger partial charge is 0.303 e. The van der Waals surface area contributed by atoms with Gasteiger partial charge in [0.15, 0.2) is 0 Å². The molecule has 0 radical (unpaired) electrons. The third kappa shape index (κ3) is 8.28. The zero-order valence-electron chi connectivity index (χ0n) is 8.16. The highest BCUT2D eigenvalue weighted by Crippen LogP contribution is 2.13. The fourth-order valence-corrected chi connectivity index (χ4v) is 1.91. The monoisotopic (exact) mass is 314 g/mol. The van der Waals surface area contributed by atoms with E-state index in [1.54, 1.807) is 0 Å². The van der Waals surface area contributed by atoms with Crippen LogP contribution in [0.4, 0.5) is 0 Å². The zero-order valence-corrected chi connectivity index (χ0v) is 10.3. The Morgan fingerprint density at radius 1 is 1.43 bits per heavy atom. The van der Waals surface area contributed by atoms with Crippen molar-refractivity contribution in [3.05, 3.63) is 0 Å². The fourth-order valence-electron chi connectivity index (χ4n) is 1.03. The maximum atomic E-state index is 10.6. The minimum Gasteiger partial charge on any atom is -0.481 e. The molecule has 0 saturated carbocycles. The number of halogens is 1. The Morgan fingerprint density at radius 2 is 2.07 bits per heavy atom. The van der Waals surface area contributed by atoms with Gasteiger partial charge >= 0.3 is 11.9 Å². The minimum atomic E-state index is -0.800. The van der Waals surface area contributed by atoms with Gasteiger partial charge in [0.2, 0.25) is 0 Å². The molecule has 0 aromatic heterocycles. The van der Waals surface area contributed by atoms with Crippen LogP contribution in [0.15, 0.2) is 0 Å². The van der Waals surface area contributed by atoms with Gasteiger partial charge in [-0.2, -0.15) is 0 Å².